The Bertz CT molecular complexity index is 434. The molecule has 1 aromatic carbocycles. The standard InChI is InChI=1S/C13H19N3O2/c1-15-5-2-6-16-11-7-10(8-14)3-4-12(11)18-9-13(16)17/h3-4,7,15H,2,5-6,8-9,14H2,1H3. The molecule has 0 saturated heterocycles. The number of nitrogens with zero attached hydrogens (tertiary/aromatic N) is 1. The molecule has 5 heteroatoms. The quantitative estimate of drug-likeness (QED) is 0.745. The van der Waals surface area contributed by atoms with Crippen molar-refractivity contribution in [2.75, 3.05) is 31.6 Å². The van der Waals surface area contributed by atoms with Gasteiger partial charge in [0.2, 0.25) is 0 Å². The van der Waals surface area contributed by atoms with Crippen molar-refractivity contribution in [3.8, 4) is 5.75 Å². The molecule has 3 N–H and O–H groups in total. The van der Waals surface area contributed by atoms with Crippen LogP contribution in [0, 0.1) is 0 Å². The lowest BCUT2D eigenvalue weighted by Crippen LogP contribution is -2.40. The number of carbonyl (C=O) groups excluding carboxylic acids is 1. The average molecular weight is 249 g/mol. The van der Waals surface area contributed by atoms with Crippen molar-refractivity contribution >= 4 is 11.6 Å². The van der Waals surface area contributed by atoms with Crippen LogP contribution in [0.2, 0.25) is 0 Å². The molecule has 0 fully saturated rings. The van der Waals surface area contributed by atoms with Gasteiger partial charge in [0.15, 0.2) is 6.61 Å². The highest BCUT2D eigenvalue weighted by Crippen LogP contribution is 2.32. The van der Waals surface area contributed by atoms with E-state index in [4.69, 9.17) is 10.5 Å². The van der Waals surface area contributed by atoms with Crippen molar-refractivity contribution in [3.63, 3.8) is 0 Å². The lowest BCUT2D eigenvalue weighted by atomic mass is 10.1. The molecule has 0 aromatic heterocycles. The van der Waals surface area contributed by atoms with Crippen LogP contribution in [0.5, 0.6) is 5.75 Å². The van der Waals surface area contributed by atoms with Crippen molar-refractivity contribution in [3.05, 3.63) is 23.8 Å². The van der Waals surface area contributed by atoms with Crippen LogP contribution in [0.25, 0.3) is 0 Å². The Balaban J connectivity index is 2.21. The van der Waals surface area contributed by atoms with E-state index in [1.54, 1.807) is 4.90 Å². The van der Waals surface area contributed by atoms with Crippen LogP contribution in [0.15, 0.2) is 18.2 Å². The number of nitrogens with one attached hydrogen (secondary N) is 1. The van der Waals surface area contributed by atoms with E-state index < -0.39 is 0 Å². The SMILES string of the molecule is CNCCCN1C(=O)COc2ccc(CN)cc21. The summed E-state index contributed by atoms with van der Waals surface area (Å²) in [5.74, 6) is 0.768. The van der Waals surface area contributed by atoms with E-state index in [0.717, 1.165) is 30.0 Å². The maximum Gasteiger partial charge on any atom is 0.265 e. The third-order valence-electron chi connectivity index (χ3n) is 3.01. The predicted molar refractivity (Wildman–Crippen MR) is 70.7 cm³/mol. The highest BCUT2D eigenvalue weighted by Gasteiger charge is 2.25. The Morgan fingerprint density at radius 3 is 3.06 bits per heavy atom. The molecule has 5 nitrogen and oxygen atoms in total. The molecule has 1 heterocycles. The van der Waals surface area contributed by atoms with Crippen molar-refractivity contribution in [1.82, 2.24) is 5.32 Å². The first-order valence-corrected chi connectivity index (χ1v) is 6.17. The van der Waals surface area contributed by atoms with E-state index in [1.165, 1.54) is 0 Å². The van der Waals surface area contributed by atoms with Gasteiger partial charge in [-0.05, 0) is 37.7 Å². The average Bonchev–Trinajstić information content (AvgIpc) is 2.41. The topological polar surface area (TPSA) is 67.6 Å². The smallest absolute Gasteiger partial charge is 0.265 e. The second-order valence-electron chi connectivity index (χ2n) is 4.30. The summed E-state index contributed by atoms with van der Waals surface area (Å²) in [4.78, 5) is 13.7. The fourth-order valence-corrected chi connectivity index (χ4v) is 2.03. The molecule has 98 valence electrons. The summed E-state index contributed by atoms with van der Waals surface area (Å²) in [7, 11) is 1.90. The van der Waals surface area contributed by atoms with Gasteiger partial charge in [-0.15, -0.1) is 0 Å². The molecule has 0 radical (unpaired) electrons. The molecule has 1 aliphatic heterocycles. The number of fused-ring (bicyclic) bond motifs is 1. The van der Waals surface area contributed by atoms with Gasteiger partial charge in [-0.1, -0.05) is 6.07 Å². The first-order valence-electron chi connectivity index (χ1n) is 6.17. The third kappa shape index (κ3) is 2.63. The minimum atomic E-state index is 0.00720. The number of carbonyl (C=O) groups is 1. The molecule has 0 aliphatic carbocycles. The zero-order valence-electron chi connectivity index (χ0n) is 10.6. The lowest BCUT2D eigenvalue weighted by Gasteiger charge is -2.29. The van der Waals surface area contributed by atoms with Gasteiger partial charge in [0, 0.05) is 13.1 Å². The summed E-state index contributed by atoms with van der Waals surface area (Å²) >= 11 is 0. The summed E-state index contributed by atoms with van der Waals surface area (Å²) in [6.45, 7) is 2.17. The Morgan fingerprint density at radius 2 is 2.33 bits per heavy atom. The van der Waals surface area contributed by atoms with E-state index in [2.05, 4.69) is 5.32 Å². The maximum atomic E-state index is 11.9. The second-order valence-corrected chi connectivity index (χ2v) is 4.30. The summed E-state index contributed by atoms with van der Waals surface area (Å²) in [5, 5.41) is 3.08. The first-order chi connectivity index (χ1) is 8.76. The normalized spacial score (nSPS) is 14.3. The van der Waals surface area contributed by atoms with Gasteiger partial charge in [-0.3, -0.25) is 4.79 Å². The number of hydrogen-bond donors (Lipinski definition) is 2. The molecular formula is C13H19N3O2. The highest BCUT2D eigenvalue weighted by atomic mass is 16.5. The van der Waals surface area contributed by atoms with Gasteiger partial charge in [-0.2, -0.15) is 0 Å². The zero-order chi connectivity index (χ0) is 13.0. The van der Waals surface area contributed by atoms with E-state index >= 15 is 0 Å². The van der Waals surface area contributed by atoms with Gasteiger partial charge in [0.25, 0.3) is 5.91 Å². The number of ether oxygens (including phenoxy) is 1. The minimum absolute atomic E-state index is 0.00720. The van der Waals surface area contributed by atoms with Crippen molar-refractivity contribution < 1.29 is 9.53 Å². The van der Waals surface area contributed by atoms with Crippen LogP contribution in [-0.4, -0.2) is 32.7 Å². The summed E-state index contributed by atoms with van der Waals surface area (Å²) in [6, 6.07) is 5.75. The molecule has 2 rings (SSSR count). The van der Waals surface area contributed by atoms with Crippen LogP contribution in [0.1, 0.15) is 12.0 Å². The van der Waals surface area contributed by atoms with Crippen LogP contribution in [0.4, 0.5) is 5.69 Å². The van der Waals surface area contributed by atoms with Crippen molar-refractivity contribution in [1.29, 1.82) is 0 Å². The maximum absolute atomic E-state index is 11.9. The monoisotopic (exact) mass is 249 g/mol. The van der Waals surface area contributed by atoms with E-state index in [1.807, 2.05) is 25.2 Å². The Labute approximate surface area is 107 Å². The molecule has 0 spiro atoms. The van der Waals surface area contributed by atoms with Crippen molar-refractivity contribution in [2.45, 2.75) is 13.0 Å². The Hall–Kier alpha value is -1.59. The predicted octanol–water partition coefficient (Wildman–Crippen LogP) is 0.480. The molecule has 1 amide bonds. The second kappa shape index (κ2) is 5.84. The number of anilines is 1. The number of nitrogens with two attached hydrogens (primary N) is 1. The minimum Gasteiger partial charge on any atom is -0.482 e. The Morgan fingerprint density at radius 1 is 1.50 bits per heavy atom. The molecule has 18 heavy (non-hydrogen) atoms. The summed E-state index contributed by atoms with van der Waals surface area (Å²) < 4.78 is 5.42. The summed E-state index contributed by atoms with van der Waals surface area (Å²) in [5.41, 5.74) is 7.47. The molecule has 0 saturated carbocycles. The molecule has 1 aliphatic rings. The van der Waals surface area contributed by atoms with Gasteiger partial charge >= 0.3 is 0 Å². The highest BCUT2D eigenvalue weighted by molar-refractivity contribution is 5.97. The van der Waals surface area contributed by atoms with E-state index in [-0.39, 0.29) is 12.5 Å². The zero-order valence-corrected chi connectivity index (χ0v) is 10.6. The van der Waals surface area contributed by atoms with Crippen molar-refractivity contribution in [2.24, 2.45) is 5.73 Å². The molecule has 0 bridgehead atoms. The molecule has 0 atom stereocenters. The summed E-state index contributed by atoms with van der Waals surface area (Å²) in [6.07, 6.45) is 0.911. The number of rotatable bonds is 5. The number of benzene rings is 1. The van der Waals surface area contributed by atoms with E-state index in [9.17, 15) is 4.79 Å². The van der Waals surface area contributed by atoms with Crippen LogP contribution < -0.4 is 20.7 Å². The molecule has 1 aromatic rings. The van der Waals surface area contributed by atoms with Crippen LogP contribution >= 0.6 is 0 Å². The van der Waals surface area contributed by atoms with Gasteiger partial charge < -0.3 is 20.7 Å². The number of amides is 1. The van der Waals surface area contributed by atoms with E-state index in [0.29, 0.717) is 13.1 Å². The van der Waals surface area contributed by atoms with Crippen LogP contribution in [-0.2, 0) is 11.3 Å². The first kappa shape index (κ1) is 12.9. The molecule has 0 unspecified atom stereocenters. The van der Waals surface area contributed by atoms with Gasteiger partial charge in [0.05, 0.1) is 5.69 Å². The fourth-order valence-electron chi connectivity index (χ4n) is 2.03. The third-order valence-corrected chi connectivity index (χ3v) is 3.01. The largest absolute Gasteiger partial charge is 0.482 e. The lowest BCUT2D eigenvalue weighted by molar-refractivity contribution is -0.121. The van der Waals surface area contributed by atoms with Crippen LogP contribution in [0.3, 0.4) is 0 Å². The fraction of sp³-hybridized carbons (Fsp3) is 0.462. The number of hydrogen-bond acceptors (Lipinski definition) is 4. The Kier molecular flexibility index (Phi) is 4.17. The molecular weight excluding hydrogens is 230 g/mol. The van der Waals surface area contributed by atoms with Gasteiger partial charge in [0.1, 0.15) is 5.75 Å². The van der Waals surface area contributed by atoms with Gasteiger partial charge in [-0.25, -0.2) is 0 Å².